The van der Waals surface area contributed by atoms with Crippen molar-refractivity contribution in [2.45, 2.75) is 148 Å². The van der Waals surface area contributed by atoms with E-state index in [0.29, 0.717) is 22.8 Å². The Morgan fingerprint density at radius 1 is 0.733 bits per heavy atom. The molecule has 2 heterocycles. The molecule has 6 rings (SSSR count). The summed E-state index contributed by atoms with van der Waals surface area (Å²) in [6, 6.07) is 21.3. The highest BCUT2D eigenvalue weighted by Gasteiger charge is 2.54. The smallest absolute Gasteiger partial charge is 0.309 e. The first kappa shape index (κ1) is 44.8. The van der Waals surface area contributed by atoms with Crippen LogP contribution in [0, 0.1) is 10.1 Å². The molecule has 2 aliphatic heterocycles. The zero-order chi connectivity index (χ0) is 43.0. The van der Waals surface area contributed by atoms with E-state index >= 15 is 0 Å². The highest BCUT2D eigenvalue weighted by atomic mass is 35.5. The van der Waals surface area contributed by atoms with Gasteiger partial charge in [0.2, 0.25) is 11.4 Å². The number of carbonyl (C=O) groups is 2. The molecule has 0 aromatic heterocycles. The van der Waals surface area contributed by atoms with Crippen molar-refractivity contribution in [3.05, 3.63) is 98.7 Å². The van der Waals surface area contributed by atoms with Crippen molar-refractivity contribution in [3.63, 3.8) is 0 Å². The quantitative estimate of drug-likeness (QED) is 0.0251. The average molecular weight is 838 g/mol. The molecule has 320 valence electrons. The third kappa shape index (κ3) is 9.26. The van der Waals surface area contributed by atoms with E-state index in [-0.39, 0.29) is 36.5 Å². The maximum absolute atomic E-state index is 12.3. The fourth-order valence-corrected chi connectivity index (χ4v) is 10.8. The number of carboxylic acids is 2. The molecule has 0 spiro atoms. The van der Waals surface area contributed by atoms with Crippen molar-refractivity contribution in [1.29, 1.82) is 0 Å². The van der Waals surface area contributed by atoms with Gasteiger partial charge in [0.25, 0.3) is 5.69 Å². The molecule has 1 atom stereocenters. The molecule has 9 nitrogen and oxygen atoms in total. The van der Waals surface area contributed by atoms with Crippen LogP contribution in [0.15, 0.2) is 77.5 Å². The van der Waals surface area contributed by atoms with Crippen LogP contribution in [0.25, 0.3) is 21.5 Å². The molecular formula is C50H63ClN3O6+. The first-order chi connectivity index (χ1) is 28.8. The second-order valence-electron chi connectivity index (χ2n) is 17.7. The van der Waals surface area contributed by atoms with E-state index in [4.69, 9.17) is 11.6 Å². The number of hydrogen-bond donors (Lipinski definition) is 2. The van der Waals surface area contributed by atoms with Gasteiger partial charge in [0.1, 0.15) is 11.5 Å². The predicted octanol–water partition coefficient (Wildman–Crippen LogP) is 13.3. The Labute approximate surface area is 360 Å². The lowest BCUT2D eigenvalue weighted by Gasteiger charge is -2.32. The summed E-state index contributed by atoms with van der Waals surface area (Å²) in [5.41, 5.74) is 3.32. The number of halogens is 1. The molecule has 0 bridgehead atoms. The average Bonchev–Trinajstić information content (AvgIpc) is 3.62. The van der Waals surface area contributed by atoms with Gasteiger partial charge in [0, 0.05) is 35.3 Å². The molecule has 0 saturated heterocycles. The fraction of sp³-hybridized carbons (Fsp3) is 0.500. The van der Waals surface area contributed by atoms with E-state index in [9.17, 15) is 29.9 Å². The minimum absolute atomic E-state index is 0.0289. The van der Waals surface area contributed by atoms with E-state index < -0.39 is 22.8 Å². The number of unbranched alkanes of at least 4 members (excludes halogenated alkanes) is 13. The molecule has 2 N–H and O–H groups in total. The maximum atomic E-state index is 12.3. The van der Waals surface area contributed by atoms with Gasteiger partial charge in [-0.2, -0.15) is 4.58 Å². The lowest BCUT2D eigenvalue weighted by molar-refractivity contribution is -0.435. The SMILES string of the molecule is CCCCCCCCCCCCCCCCC1(C)/C(=C(\Cl)C2=[N+](CCC(=O)O)c3c(c4ccccc4c4ccccc34)C2(C)C)N(CCC(=O)O)c2ccc([N+](=O)[O-])cc21. The Bertz CT molecular complexity index is 2300. The van der Waals surface area contributed by atoms with Crippen molar-refractivity contribution < 1.29 is 29.3 Å². The number of rotatable bonds is 23. The number of allylic oxidation sites excluding steroid dienone is 2. The van der Waals surface area contributed by atoms with Gasteiger partial charge in [-0.25, -0.2) is 0 Å². The highest BCUT2D eigenvalue weighted by Crippen LogP contribution is 2.56. The summed E-state index contributed by atoms with van der Waals surface area (Å²) in [6.07, 6.45) is 17.5. The number of benzene rings is 4. The molecule has 2 aliphatic rings. The Kier molecular flexibility index (Phi) is 14.7. The van der Waals surface area contributed by atoms with Gasteiger partial charge >= 0.3 is 11.9 Å². The van der Waals surface area contributed by atoms with Gasteiger partial charge in [-0.1, -0.05) is 151 Å². The summed E-state index contributed by atoms with van der Waals surface area (Å²) in [4.78, 5) is 38.3. The molecular weight excluding hydrogens is 774 g/mol. The van der Waals surface area contributed by atoms with Crippen molar-refractivity contribution in [3.8, 4) is 0 Å². The van der Waals surface area contributed by atoms with E-state index in [0.717, 1.165) is 69.8 Å². The normalized spacial score (nSPS) is 17.7. The van der Waals surface area contributed by atoms with Crippen LogP contribution in [0.3, 0.4) is 0 Å². The minimum Gasteiger partial charge on any atom is -0.481 e. The van der Waals surface area contributed by atoms with Crippen molar-refractivity contribution >= 4 is 67.9 Å². The second-order valence-corrected chi connectivity index (χ2v) is 18.1. The third-order valence-electron chi connectivity index (χ3n) is 13.1. The summed E-state index contributed by atoms with van der Waals surface area (Å²) >= 11 is 7.96. The predicted molar refractivity (Wildman–Crippen MR) is 244 cm³/mol. The van der Waals surface area contributed by atoms with Gasteiger partial charge in [-0.05, 0) is 61.0 Å². The molecule has 10 heteroatoms. The van der Waals surface area contributed by atoms with Gasteiger partial charge in [0.15, 0.2) is 6.54 Å². The van der Waals surface area contributed by atoms with Crippen LogP contribution < -0.4 is 4.90 Å². The van der Waals surface area contributed by atoms with E-state index in [2.05, 4.69) is 56.5 Å². The number of carboxylic acid groups (broad SMARTS) is 2. The zero-order valence-electron chi connectivity index (χ0n) is 36.0. The van der Waals surface area contributed by atoms with Crippen LogP contribution in [0.5, 0.6) is 0 Å². The van der Waals surface area contributed by atoms with Gasteiger partial charge < -0.3 is 15.1 Å². The topological polar surface area (TPSA) is 124 Å². The number of non-ortho nitro benzene ring substituents is 1. The second kappa shape index (κ2) is 19.7. The summed E-state index contributed by atoms with van der Waals surface area (Å²) in [5, 5.41) is 36.9. The number of nitro groups is 1. The van der Waals surface area contributed by atoms with Crippen LogP contribution in [0.4, 0.5) is 17.1 Å². The Morgan fingerprint density at radius 3 is 1.80 bits per heavy atom. The van der Waals surface area contributed by atoms with E-state index in [1.54, 1.807) is 12.1 Å². The maximum Gasteiger partial charge on any atom is 0.309 e. The van der Waals surface area contributed by atoms with E-state index in [1.807, 2.05) is 29.2 Å². The van der Waals surface area contributed by atoms with E-state index in [1.165, 1.54) is 70.3 Å². The Hall–Kier alpha value is -4.76. The van der Waals surface area contributed by atoms with Gasteiger partial charge in [-0.3, -0.25) is 19.7 Å². The van der Waals surface area contributed by atoms with Crippen LogP contribution >= 0.6 is 11.6 Å². The third-order valence-corrected chi connectivity index (χ3v) is 13.4. The molecule has 1 unspecified atom stereocenters. The molecule has 0 fully saturated rings. The van der Waals surface area contributed by atoms with Crippen LogP contribution in [-0.4, -0.2) is 50.5 Å². The van der Waals surface area contributed by atoms with Crippen LogP contribution in [0.2, 0.25) is 0 Å². The standard InChI is InChI=1S/C50H62ClN3O6/c1-5-6-7-8-9-10-11-12-13-14-15-16-17-22-31-50(4)40-34-35(54(59)60)27-28-41(40)52(32-29-42(55)56)48(50)45(51)47-49(2,3)44-38-25-20-18-23-36(38)37-24-19-21-26-39(37)46(44)53(47)33-30-43(57)58/h18-21,23-28,34H,5-17,22,29-33H2,1-4H3,(H-,55,56,57,58)/p+1. The monoisotopic (exact) mass is 836 g/mol. The molecule has 4 aromatic carbocycles. The van der Waals surface area contributed by atoms with Gasteiger partial charge in [-0.15, -0.1) is 0 Å². The lowest BCUT2D eigenvalue weighted by Crippen LogP contribution is -2.37. The fourth-order valence-electron chi connectivity index (χ4n) is 10.1. The first-order valence-corrected chi connectivity index (χ1v) is 22.7. The van der Waals surface area contributed by atoms with Crippen LogP contribution in [0.1, 0.15) is 148 Å². The largest absolute Gasteiger partial charge is 0.481 e. The molecule has 0 amide bonds. The van der Waals surface area contributed by atoms with Gasteiger partial charge in [0.05, 0.1) is 27.8 Å². The number of fused-ring (bicyclic) bond motifs is 7. The van der Waals surface area contributed by atoms with Crippen LogP contribution in [-0.2, 0) is 20.4 Å². The number of hydrogen-bond acceptors (Lipinski definition) is 5. The highest BCUT2D eigenvalue weighted by molar-refractivity contribution is 6.45. The van der Waals surface area contributed by atoms with Crippen molar-refractivity contribution in [1.82, 2.24) is 0 Å². The van der Waals surface area contributed by atoms with Crippen molar-refractivity contribution in [2.75, 3.05) is 18.0 Å². The summed E-state index contributed by atoms with van der Waals surface area (Å²) in [5.74, 6) is -1.89. The molecule has 0 saturated carbocycles. The molecule has 0 aliphatic carbocycles. The minimum atomic E-state index is -0.961. The molecule has 4 aromatic rings. The number of nitro benzene ring substituents is 1. The molecule has 0 radical (unpaired) electrons. The Morgan fingerprint density at radius 2 is 1.25 bits per heavy atom. The van der Waals surface area contributed by atoms with Crippen molar-refractivity contribution in [2.24, 2.45) is 0 Å². The number of nitrogens with zero attached hydrogens (tertiary/aromatic N) is 3. The number of anilines is 1. The lowest BCUT2D eigenvalue weighted by atomic mass is 9.74. The summed E-state index contributed by atoms with van der Waals surface area (Å²) in [7, 11) is 0. The summed E-state index contributed by atoms with van der Waals surface area (Å²) in [6.45, 7) is 8.89. The Balaban J connectivity index is 1.40. The first-order valence-electron chi connectivity index (χ1n) is 22.3. The summed E-state index contributed by atoms with van der Waals surface area (Å²) < 4.78 is 2.08. The molecule has 60 heavy (non-hydrogen) atoms. The number of aliphatic carboxylic acids is 2. The zero-order valence-corrected chi connectivity index (χ0v) is 36.8.